The van der Waals surface area contributed by atoms with Gasteiger partial charge in [-0.2, -0.15) is 5.26 Å². The lowest BCUT2D eigenvalue weighted by Crippen LogP contribution is -2.23. The molecule has 0 aliphatic heterocycles. The van der Waals surface area contributed by atoms with Crippen LogP contribution in [0.2, 0.25) is 0 Å². The van der Waals surface area contributed by atoms with Crippen LogP contribution in [0.15, 0.2) is 84.9 Å². The van der Waals surface area contributed by atoms with Crippen molar-refractivity contribution in [2.45, 2.75) is 6.10 Å². The Hall–Kier alpha value is -3.91. The summed E-state index contributed by atoms with van der Waals surface area (Å²) in [5.74, 6) is -0.740. The molecule has 1 atom stereocenters. The highest BCUT2D eigenvalue weighted by Crippen LogP contribution is 2.23. The molecule has 0 radical (unpaired) electrons. The Balaban J connectivity index is 1.75. The Morgan fingerprint density at radius 3 is 2.14 bits per heavy atom. The zero-order valence-electron chi connectivity index (χ0n) is 14.9. The summed E-state index contributed by atoms with van der Waals surface area (Å²) >= 11 is 0. The number of nitrogens with zero attached hydrogens (tertiary/aromatic N) is 1. The number of hydrogen-bond acceptors (Lipinski definition) is 5. The number of ether oxygens (including phenoxy) is 2. The third-order valence-corrected chi connectivity index (χ3v) is 4.00. The van der Waals surface area contributed by atoms with Crippen molar-refractivity contribution < 1.29 is 19.1 Å². The molecule has 0 bridgehead atoms. The van der Waals surface area contributed by atoms with Crippen molar-refractivity contribution in [3.8, 4) is 11.8 Å². The summed E-state index contributed by atoms with van der Waals surface area (Å²) in [5.41, 5.74) is 1.33. The third kappa shape index (κ3) is 4.63. The maximum atomic E-state index is 12.9. The van der Waals surface area contributed by atoms with Crippen LogP contribution in [-0.4, -0.2) is 18.4 Å². The Labute approximate surface area is 162 Å². The molecule has 5 heteroatoms. The number of carbonyl (C=O) groups excluding carboxylic acids is 2. The molecule has 0 saturated carbocycles. The van der Waals surface area contributed by atoms with Crippen molar-refractivity contribution in [1.29, 1.82) is 5.26 Å². The number of benzene rings is 3. The fraction of sp³-hybridized carbons (Fsp3) is 0.0870. The summed E-state index contributed by atoms with van der Waals surface area (Å²) in [6.45, 7) is -0.413. The molecule has 0 unspecified atom stereocenters. The molecule has 3 rings (SSSR count). The molecule has 0 heterocycles. The SMILES string of the molecule is N#Cc1ccccc1OCC(=O)O[C@@H](C(=O)c1ccccc1)c1ccccc1. The highest BCUT2D eigenvalue weighted by molar-refractivity contribution is 6.01. The van der Waals surface area contributed by atoms with Crippen LogP contribution in [0.5, 0.6) is 5.75 Å². The first-order chi connectivity index (χ1) is 13.7. The fourth-order valence-corrected chi connectivity index (χ4v) is 2.64. The molecule has 3 aromatic rings. The maximum Gasteiger partial charge on any atom is 0.345 e. The summed E-state index contributed by atoms with van der Waals surface area (Å²) in [6, 6.07) is 26.0. The van der Waals surface area contributed by atoms with Gasteiger partial charge in [0.25, 0.3) is 0 Å². The van der Waals surface area contributed by atoms with E-state index in [2.05, 4.69) is 0 Å². The van der Waals surface area contributed by atoms with Gasteiger partial charge in [0, 0.05) is 11.1 Å². The average Bonchev–Trinajstić information content (AvgIpc) is 2.77. The number of hydrogen-bond donors (Lipinski definition) is 0. The van der Waals surface area contributed by atoms with E-state index in [-0.39, 0.29) is 11.5 Å². The number of nitriles is 1. The van der Waals surface area contributed by atoms with Gasteiger partial charge in [0.05, 0.1) is 5.56 Å². The lowest BCUT2D eigenvalue weighted by Gasteiger charge is -2.18. The topological polar surface area (TPSA) is 76.4 Å². The smallest absolute Gasteiger partial charge is 0.345 e. The third-order valence-electron chi connectivity index (χ3n) is 4.00. The monoisotopic (exact) mass is 371 g/mol. The van der Waals surface area contributed by atoms with Crippen LogP contribution >= 0.6 is 0 Å². The van der Waals surface area contributed by atoms with Gasteiger partial charge < -0.3 is 9.47 Å². The zero-order chi connectivity index (χ0) is 19.8. The van der Waals surface area contributed by atoms with Crippen molar-refractivity contribution in [2.75, 3.05) is 6.61 Å². The van der Waals surface area contributed by atoms with Gasteiger partial charge in [0.1, 0.15) is 11.8 Å². The lowest BCUT2D eigenvalue weighted by atomic mass is 10.00. The molecule has 0 aliphatic rings. The molecule has 0 aliphatic carbocycles. The minimum Gasteiger partial charge on any atom is -0.481 e. The van der Waals surface area contributed by atoms with E-state index < -0.39 is 18.7 Å². The van der Waals surface area contributed by atoms with Gasteiger partial charge in [0.2, 0.25) is 5.78 Å². The predicted octanol–water partition coefficient (Wildman–Crippen LogP) is 4.10. The second-order valence-electron chi connectivity index (χ2n) is 5.91. The molecule has 28 heavy (non-hydrogen) atoms. The van der Waals surface area contributed by atoms with Crippen molar-refractivity contribution in [3.05, 3.63) is 102 Å². The highest BCUT2D eigenvalue weighted by Gasteiger charge is 2.26. The summed E-state index contributed by atoms with van der Waals surface area (Å²) < 4.78 is 10.9. The van der Waals surface area contributed by atoms with E-state index in [1.54, 1.807) is 78.9 Å². The molecule has 138 valence electrons. The lowest BCUT2D eigenvalue weighted by molar-refractivity contribution is -0.149. The summed E-state index contributed by atoms with van der Waals surface area (Å²) in [4.78, 5) is 25.2. The van der Waals surface area contributed by atoms with E-state index in [4.69, 9.17) is 14.7 Å². The normalized spacial score (nSPS) is 11.1. The molecular weight excluding hydrogens is 354 g/mol. The van der Waals surface area contributed by atoms with E-state index in [0.29, 0.717) is 16.7 Å². The van der Waals surface area contributed by atoms with Gasteiger partial charge >= 0.3 is 5.97 Å². The van der Waals surface area contributed by atoms with E-state index in [1.165, 1.54) is 0 Å². The second-order valence-corrected chi connectivity index (χ2v) is 5.91. The van der Waals surface area contributed by atoms with Crippen LogP contribution in [0, 0.1) is 11.3 Å². The number of esters is 1. The van der Waals surface area contributed by atoms with Crippen LogP contribution in [0.3, 0.4) is 0 Å². The molecule has 0 aromatic heterocycles. The van der Waals surface area contributed by atoms with Gasteiger partial charge in [-0.1, -0.05) is 72.8 Å². The standard InChI is InChI=1S/C23H17NO4/c24-15-19-13-7-8-14-20(19)27-16-21(25)28-23(18-11-5-2-6-12-18)22(26)17-9-3-1-4-10-17/h1-14,23H,16H2/t23-/m1/s1. The largest absolute Gasteiger partial charge is 0.481 e. The molecule has 5 nitrogen and oxygen atoms in total. The van der Waals surface area contributed by atoms with Crippen LogP contribution in [0.25, 0.3) is 0 Å². The molecule has 3 aromatic carbocycles. The highest BCUT2D eigenvalue weighted by atomic mass is 16.6. The first-order valence-electron chi connectivity index (χ1n) is 8.64. The van der Waals surface area contributed by atoms with Gasteiger partial charge in [-0.3, -0.25) is 4.79 Å². The van der Waals surface area contributed by atoms with E-state index in [1.807, 2.05) is 12.1 Å². The maximum absolute atomic E-state index is 12.9. The van der Waals surface area contributed by atoms with Crippen molar-refractivity contribution in [1.82, 2.24) is 0 Å². The van der Waals surface area contributed by atoms with Gasteiger partial charge in [-0.15, -0.1) is 0 Å². The predicted molar refractivity (Wildman–Crippen MR) is 103 cm³/mol. The van der Waals surface area contributed by atoms with E-state index in [0.717, 1.165) is 0 Å². The number of ketones is 1. The molecule has 0 N–H and O–H groups in total. The van der Waals surface area contributed by atoms with Crippen LogP contribution in [0.1, 0.15) is 27.6 Å². The Kier molecular flexibility index (Phi) is 6.17. The molecule has 0 fully saturated rings. The molecule has 0 saturated heterocycles. The van der Waals surface area contributed by atoms with Crippen LogP contribution in [0.4, 0.5) is 0 Å². The Morgan fingerprint density at radius 2 is 1.46 bits per heavy atom. The van der Waals surface area contributed by atoms with Crippen LogP contribution < -0.4 is 4.74 Å². The van der Waals surface area contributed by atoms with Crippen LogP contribution in [-0.2, 0) is 9.53 Å². The number of para-hydroxylation sites is 1. The summed E-state index contributed by atoms with van der Waals surface area (Å²) in [5, 5.41) is 9.09. The number of carbonyl (C=O) groups is 2. The first-order valence-corrected chi connectivity index (χ1v) is 8.64. The number of Topliss-reactive ketones (excluding diaryl/α,β-unsaturated/α-hetero) is 1. The Morgan fingerprint density at radius 1 is 0.857 bits per heavy atom. The van der Waals surface area contributed by atoms with E-state index in [9.17, 15) is 9.59 Å². The second kappa shape index (κ2) is 9.15. The number of rotatable bonds is 7. The van der Waals surface area contributed by atoms with Gasteiger partial charge in [0.15, 0.2) is 12.7 Å². The van der Waals surface area contributed by atoms with Gasteiger partial charge in [-0.25, -0.2) is 4.79 Å². The summed E-state index contributed by atoms with van der Waals surface area (Å²) in [7, 11) is 0. The zero-order valence-corrected chi connectivity index (χ0v) is 14.9. The van der Waals surface area contributed by atoms with Crippen molar-refractivity contribution in [2.24, 2.45) is 0 Å². The molecular formula is C23H17NO4. The molecule has 0 spiro atoms. The first kappa shape index (κ1) is 18.9. The minimum atomic E-state index is -1.08. The van der Waals surface area contributed by atoms with Crippen molar-refractivity contribution >= 4 is 11.8 Å². The molecule has 0 amide bonds. The van der Waals surface area contributed by atoms with Gasteiger partial charge in [-0.05, 0) is 12.1 Å². The van der Waals surface area contributed by atoms with Crippen molar-refractivity contribution in [3.63, 3.8) is 0 Å². The Bertz CT molecular complexity index is 994. The average molecular weight is 371 g/mol. The minimum absolute atomic E-state index is 0.285. The fourth-order valence-electron chi connectivity index (χ4n) is 2.64. The quantitative estimate of drug-likeness (QED) is 0.461. The summed E-state index contributed by atoms with van der Waals surface area (Å²) in [6.07, 6.45) is -1.08. The van der Waals surface area contributed by atoms with E-state index >= 15 is 0 Å².